The van der Waals surface area contributed by atoms with Crippen molar-refractivity contribution in [1.29, 1.82) is 5.26 Å². The molecule has 1 aromatic carbocycles. The van der Waals surface area contributed by atoms with E-state index in [-0.39, 0.29) is 12.3 Å². The van der Waals surface area contributed by atoms with Gasteiger partial charge < -0.3 is 10.1 Å². The summed E-state index contributed by atoms with van der Waals surface area (Å²) in [6.45, 7) is -0.869. The molecule has 0 saturated carbocycles. The number of nitriles is 1. The molecule has 0 aliphatic carbocycles. The molecular formula is C15H13F3N4O. The van der Waals surface area contributed by atoms with Crippen LogP contribution in [0.2, 0.25) is 0 Å². The predicted octanol–water partition coefficient (Wildman–Crippen LogP) is 3.04. The Morgan fingerprint density at radius 3 is 2.30 bits per heavy atom. The highest BCUT2D eigenvalue weighted by molar-refractivity contribution is 5.36. The van der Waals surface area contributed by atoms with E-state index < -0.39 is 12.8 Å². The van der Waals surface area contributed by atoms with E-state index in [0.717, 1.165) is 5.56 Å². The molecule has 8 heteroatoms. The molecule has 0 amide bonds. The zero-order valence-corrected chi connectivity index (χ0v) is 12.0. The number of hydrogen-bond acceptors (Lipinski definition) is 5. The minimum absolute atomic E-state index is 0.0890. The molecule has 2 rings (SSSR count). The molecule has 0 fully saturated rings. The molecule has 0 spiro atoms. The molecule has 0 aliphatic rings. The van der Waals surface area contributed by atoms with Crippen molar-refractivity contribution in [3.63, 3.8) is 0 Å². The van der Waals surface area contributed by atoms with Gasteiger partial charge in [-0.2, -0.15) is 18.4 Å². The lowest BCUT2D eigenvalue weighted by atomic mass is 10.1. The number of halogens is 3. The number of hydrogen-bond donors (Lipinski definition) is 1. The average Bonchev–Trinajstić information content (AvgIpc) is 2.53. The van der Waals surface area contributed by atoms with Crippen LogP contribution >= 0.6 is 0 Å². The van der Waals surface area contributed by atoms with Gasteiger partial charge in [0.05, 0.1) is 6.61 Å². The lowest BCUT2D eigenvalue weighted by molar-refractivity contribution is -0.176. The van der Waals surface area contributed by atoms with Gasteiger partial charge in [-0.3, -0.25) is 0 Å². The SMILES string of the molecule is N#Cc1ccc(NCc2ccc(COCC(F)(F)F)cc2)nn1. The normalized spacial score (nSPS) is 11.0. The summed E-state index contributed by atoms with van der Waals surface area (Å²) in [5.41, 5.74) is 1.82. The fourth-order valence-corrected chi connectivity index (χ4v) is 1.72. The van der Waals surface area contributed by atoms with E-state index in [1.54, 1.807) is 36.4 Å². The van der Waals surface area contributed by atoms with Crippen LogP contribution in [-0.4, -0.2) is 23.0 Å². The summed E-state index contributed by atoms with van der Waals surface area (Å²) in [6.07, 6.45) is -4.31. The van der Waals surface area contributed by atoms with E-state index in [2.05, 4.69) is 20.3 Å². The van der Waals surface area contributed by atoms with Crippen LogP contribution in [-0.2, 0) is 17.9 Å². The Bertz CT molecular complexity index is 663. The molecule has 0 aliphatic heterocycles. The zero-order chi connectivity index (χ0) is 16.7. The smallest absolute Gasteiger partial charge is 0.367 e. The molecular weight excluding hydrogens is 309 g/mol. The monoisotopic (exact) mass is 322 g/mol. The van der Waals surface area contributed by atoms with Gasteiger partial charge in [-0.05, 0) is 23.3 Å². The number of aromatic nitrogens is 2. The van der Waals surface area contributed by atoms with Gasteiger partial charge in [0, 0.05) is 6.54 Å². The van der Waals surface area contributed by atoms with Crippen molar-refractivity contribution in [3.05, 3.63) is 53.2 Å². The molecule has 5 nitrogen and oxygen atoms in total. The predicted molar refractivity (Wildman–Crippen MR) is 76.2 cm³/mol. The molecule has 0 unspecified atom stereocenters. The Morgan fingerprint density at radius 1 is 1.04 bits per heavy atom. The number of alkyl halides is 3. The molecule has 120 valence electrons. The van der Waals surface area contributed by atoms with Crippen molar-refractivity contribution in [1.82, 2.24) is 10.2 Å². The Balaban J connectivity index is 1.81. The number of rotatable bonds is 6. The Hall–Kier alpha value is -2.66. The minimum atomic E-state index is -4.31. The highest BCUT2D eigenvalue weighted by Crippen LogP contribution is 2.16. The van der Waals surface area contributed by atoms with Gasteiger partial charge in [-0.15, -0.1) is 10.2 Å². The van der Waals surface area contributed by atoms with Gasteiger partial charge in [-0.25, -0.2) is 0 Å². The van der Waals surface area contributed by atoms with Gasteiger partial charge in [0.1, 0.15) is 18.5 Å². The van der Waals surface area contributed by atoms with E-state index in [1.165, 1.54) is 0 Å². The first-order valence-electron chi connectivity index (χ1n) is 6.66. The third kappa shape index (κ3) is 5.92. The zero-order valence-electron chi connectivity index (χ0n) is 12.0. The van der Waals surface area contributed by atoms with Crippen molar-refractivity contribution >= 4 is 5.82 Å². The molecule has 0 bridgehead atoms. The van der Waals surface area contributed by atoms with Gasteiger partial charge in [0.25, 0.3) is 0 Å². The van der Waals surface area contributed by atoms with E-state index in [9.17, 15) is 13.2 Å². The second-order valence-corrected chi connectivity index (χ2v) is 4.69. The first-order chi connectivity index (χ1) is 11.0. The Morgan fingerprint density at radius 2 is 1.74 bits per heavy atom. The second-order valence-electron chi connectivity index (χ2n) is 4.69. The summed E-state index contributed by atoms with van der Waals surface area (Å²) in [4.78, 5) is 0. The van der Waals surface area contributed by atoms with Crippen LogP contribution in [0.5, 0.6) is 0 Å². The topological polar surface area (TPSA) is 70.8 Å². The maximum Gasteiger partial charge on any atom is 0.411 e. The highest BCUT2D eigenvalue weighted by atomic mass is 19.4. The minimum Gasteiger partial charge on any atom is -0.367 e. The molecule has 1 heterocycles. The van der Waals surface area contributed by atoms with Crippen molar-refractivity contribution in [2.24, 2.45) is 0 Å². The number of ether oxygens (including phenoxy) is 1. The van der Waals surface area contributed by atoms with Gasteiger partial charge in [0.2, 0.25) is 0 Å². The fourth-order valence-electron chi connectivity index (χ4n) is 1.72. The summed E-state index contributed by atoms with van der Waals surface area (Å²) >= 11 is 0. The highest BCUT2D eigenvalue weighted by Gasteiger charge is 2.27. The average molecular weight is 322 g/mol. The quantitative estimate of drug-likeness (QED) is 0.885. The van der Waals surface area contributed by atoms with Crippen molar-refractivity contribution in [2.75, 3.05) is 11.9 Å². The lowest BCUT2D eigenvalue weighted by Gasteiger charge is -2.09. The van der Waals surface area contributed by atoms with Crippen molar-refractivity contribution in [3.8, 4) is 6.07 Å². The number of anilines is 1. The first kappa shape index (κ1) is 16.7. The molecule has 23 heavy (non-hydrogen) atoms. The summed E-state index contributed by atoms with van der Waals surface area (Å²) in [5.74, 6) is 0.529. The van der Waals surface area contributed by atoms with Crippen molar-refractivity contribution < 1.29 is 17.9 Å². The Kier molecular flexibility index (Phi) is 5.49. The molecule has 1 N–H and O–H groups in total. The molecule has 1 aromatic heterocycles. The first-order valence-corrected chi connectivity index (χ1v) is 6.66. The fraction of sp³-hybridized carbons (Fsp3) is 0.267. The van der Waals surface area contributed by atoms with Gasteiger partial charge >= 0.3 is 6.18 Å². The standard InChI is InChI=1S/C15H13F3N4O/c16-15(17,18)10-23-9-12-3-1-11(2-4-12)8-20-14-6-5-13(7-19)21-22-14/h1-6H,8-10H2,(H,20,22). The van der Waals surface area contributed by atoms with E-state index in [1.807, 2.05) is 6.07 Å². The van der Waals surface area contributed by atoms with Crippen LogP contribution in [0.4, 0.5) is 19.0 Å². The third-order valence-electron chi connectivity index (χ3n) is 2.81. The van der Waals surface area contributed by atoms with Crippen LogP contribution in [0.15, 0.2) is 36.4 Å². The Labute approximate surface area is 130 Å². The molecule has 0 atom stereocenters. The van der Waals surface area contributed by atoms with Crippen LogP contribution in [0.1, 0.15) is 16.8 Å². The van der Waals surface area contributed by atoms with Crippen LogP contribution < -0.4 is 5.32 Å². The maximum absolute atomic E-state index is 12.0. The van der Waals surface area contributed by atoms with Crippen molar-refractivity contribution in [2.45, 2.75) is 19.3 Å². The largest absolute Gasteiger partial charge is 0.411 e. The van der Waals surface area contributed by atoms with Gasteiger partial charge in [-0.1, -0.05) is 24.3 Å². The summed E-state index contributed by atoms with van der Waals surface area (Å²) in [7, 11) is 0. The third-order valence-corrected chi connectivity index (χ3v) is 2.81. The maximum atomic E-state index is 12.0. The lowest BCUT2D eigenvalue weighted by Crippen LogP contribution is -2.16. The molecule has 0 saturated heterocycles. The van der Waals surface area contributed by atoms with Gasteiger partial charge in [0.15, 0.2) is 5.69 Å². The van der Waals surface area contributed by atoms with Crippen LogP contribution in [0.25, 0.3) is 0 Å². The number of nitrogens with one attached hydrogen (secondary N) is 1. The second kappa shape index (κ2) is 7.56. The van der Waals surface area contributed by atoms with Crippen LogP contribution in [0, 0.1) is 11.3 Å². The molecule has 0 radical (unpaired) electrons. The number of benzene rings is 1. The van der Waals surface area contributed by atoms with E-state index >= 15 is 0 Å². The van der Waals surface area contributed by atoms with Crippen LogP contribution in [0.3, 0.4) is 0 Å². The summed E-state index contributed by atoms with van der Waals surface area (Å²) in [5, 5.41) is 19.2. The summed E-state index contributed by atoms with van der Waals surface area (Å²) < 4.78 is 40.5. The van der Waals surface area contributed by atoms with E-state index in [0.29, 0.717) is 17.9 Å². The molecule has 2 aromatic rings. The number of nitrogens with zero attached hydrogens (tertiary/aromatic N) is 3. The summed E-state index contributed by atoms with van der Waals surface area (Å²) in [6, 6.07) is 12.1. The van der Waals surface area contributed by atoms with E-state index in [4.69, 9.17) is 5.26 Å².